The predicted molar refractivity (Wildman–Crippen MR) is 101 cm³/mol. The number of H-pyrrole nitrogens is 1. The molecule has 0 aliphatic carbocycles. The largest absolute Gasteiger partial charge is 0.398 e. The van der Waals surface area contributed by atoms with Crippen molar-refractivity contribution in [2.45, 2.75) is 5.41 Å². The van der Waals surface area contributed by atoms with Crippen LogP contribution in [-0.2, 0) is 5.41 Å². The van der Waals surface area contributed by atoms with E-state index in [9.17, 15) is 0 Å². The number of para-hydroxylation sites is 1. The first-order valence-corrected chi connectivity index (χ1v) is 8.29. The number of nitrogens with one attached hydrogen (secondary N) is 1. The lowest BCUT2D eigenvalue weighted by Gasteiger charge is -2.35. The van der Waals surface area contributed by atoms with Crippen molar-refractivity contribution in [1.29, 1.82) is 0 Å². The van der Waals surface area contributed by atoms with E-state index in [1.165, 1.54) is 0 Å². The number of hydrogen-bond acceptors (Lipinski definition) is 2. The highest BCUT2D eigenvalue weighted by atomic mass is 14.9. The molecule has 0 saturated carbocycles. The third kappa shape index (κ3) is 2.41. The van der Waals surface area contributed by atoms with Gasteiger partial charge in [0.05, 0.1) is 0 Å². The fraction of sp³-hybridized carbons (Fsp3) is 0.0455. The summed E-state index contributed by atoms with van der Waals surface area (Å²) in [5.74, 6) is 0.850. The van der Waals surface area contributed by atoms with Crippen molar-refractivity contribution in [1.82, 2.24) is 9.97 Å². The SMILES string of the molecule is Nc1ccccc1C(c1ccccc1)(c1ccccc1)c1ncc[nH]1. The van der Waals surface area contributed by atoms with Crippen molar-refractivity contribution < 1.29 is 0 Å². The fourth-order valence-corrected chi connectivity index (χ4v) is 3.56. The van der Waals surface area contributed by atoms with E-state index in [0.717, 1.165) is 28.2 Å². The van der Waals surface area contributed by atoms with Crippen LogP contribution in [0.4, 0.5) is 5.69 Å². The van der Waals surface area contributed by atoms with Crippen LogP contribution in [-0.4, -0.2) is 9.97 Å². The quantitative estimate of drug-likeness (QED) is 0.432. The lowest BCUT2D eigenvalue weighted by Crippen LogP contribution is -2.33. The fourth-order valence-electron chi connectivity index (χ4n) is 3.56. The topological polar surface area (TPSA) is 54.7 Å². The van der Waals surface area contributed by atoms with Crippen LogP contribution in [0.15, 0.2) is 97.3 Å². The first-order chi connectivity index (χ1) is 12.3. The van der Waals surface area contributed by atoms with E-state index in [1.807, 2.05) is 36.5 Å². The number of nitrogen functional groups attached to an aromatic ring is 1. The zero-order valence-corrected chi connectivity index (χ0v) is 13.8. The molecule has 0 aliphatic heterocycles. The molecule has 122 valence electrons. The molecule has 0 unspecified atom stereocenters. The standard InChI is InChI=1S/C22H19N3/c23-20-14-8-7-13-19(20)22(21-24-15-16-25-21,17-9-3-1-4-10-17)18-11-5-2-6-12-18/h1-16H,23H2,(H,24,25). The first kappa shape index (κ1) is 15.2. The highest BCUT2D eigenvalue weighted by Crippen LogP contribution is 2.45. The van der Waals surface area contributed by atoms with Crippen molar-refractivity contribution in [3.05, 3.63) is 120 Å². The molecule has 3 heteroatoms. The number of imidazole rings is 1. The summed E-state index contributed by atoms with van der Waals surface area (Å²) in [5.41, 5.74) is 9.84. The number of nitrogens with two attached hydrogens (primary N) is 1. The van der Waals surface area contributed by atoms with Crippen molar-refractivity contribution in [2.75, 3.05) is 5.73 Å². The number of benzene rings is 3. The van der Waals surface area contributed by atoms with Gasteiger partial charge in [-0.05, 0) is 22.8 Å². The third-order valence-electron chi connectivity index (χ3n) is 4.63. The van der Waals surface area contributed by atoms with Gasteiger partial charge in [-0.3, -0.25) is 0 Å². The molecule has 0 saturated heterocycles. The van der Waals surface area contributed by atoms with E-state index in [4.69, 9.17) is 5.73 Å². The minimum atomic E-state index is -0.600. The van der Waals surface area contributed by atoms with Crippen molar-refractivity contribution >= 4 is 5.69 Å². The second-order valence-electron chi connectivity index (χ2n) is 6.01. The molecule has 4 aromatic rings. The molecule has 1 heterocycles. The van der Waals surface area contributed by atoms with Gasteiger partial charge in [0.15, 0.2) is 0 Å². The minimum absolute atomic E-state index is 0.600. The molecule has 3 N–H and O–H groups in total. The molecule has 0 spiro atoms. The van der Waals surface area contributed by atoms with Crippen LogP contribution in [0.5, 0.6) is 0 Å². The number of aromatic nitrogens is 2. The molecular formula is C22H19N3. The zero-order valence-electron chi connectivity index (χ0n) is 13.8. The second-order valence-corrected chi connectivity index (χ2v) is 6.01. The van der Waals surface area contributed by atoms with Gasteiger partial charge in [0.1, 0.15) is 11.2 Å². The van der Waals surface area contributed by atoms with E-state index in [0.29, 0.717) is 0 Å². The van der Waals surface area contributed by atoms with E-state index in [2.05, 4.69) is 64.6 Å². The maximum atomic E-state index is 6.45. The summed E-state index contributed by atoms with van der Waals surface area (Å²) >= 11 is 0. The van der Waals surface area contributed by atoms with E-state index in [-0.39, 0.29) is 0 Å². The summed E-state index contributed by atoms with van der Waals surface area (Å²) in [5, 5.41) is 0. The Morgan fingerprint density at radius 2 is 1.28 bits per heavy atom. The summed E-state index contributed by atoms with van der Waals surface area (Å²) in [6.07, 6.45) is 3.64. The van der Waals surface area contributed by atoms with Crippen LogP contribution < -0.4 is 5.73 Å². The molecule has 3 aromatic carbocycles. The van der Waals surface area contributed by atoms with Gasteiger partial charge in [0.25, 0.3) is 0 Å². The maximum Gasteiger partial charge on any atom is 0.125 e. The van der Waals surface area contributed by atoms with Crippen LogP contribution >= 0.6 is 0 Å². The van der Waals surface area contributed by atoms with Gasteiger partial charge >= 0.3 is 0 Å². The summed E-state index contributed by atoms with van der Waals surface area (Å²) in [6.45, 7) is 0. The van der Waals surface area contributed by atoms with Gasteiger partial charge < -0.3 is 10.7 Å². The lowest BCUT2D eigenvalue weighted by molar-refractivity contribution is 0.694. The molecule has 0 bridgehead atoms. The molecule has 0 fully saturated rings. The number of aromatic amines is 1. The van der Waals surface area contributed by atoms with Gasteiger partial charge in [-0.15, -0.1) is 0 Å². The highest BCUT2D eigenvalue weighted by molar-refractivity contribution is 5.64. The summed E-state index contributed by atoms with van der Waals surface area (Å²) in [6, 6.07) is 28.8. The van der Waals surface area contributed by atoms with Gasteiger partial charge in [0.2, 0.25) is 0 Å². The van der Waals surface area contributed by atoms with Crippen molar-refractivity contribution in [2.24, 2.45) is 0 Å². The normalized spacial score (nSPS) is 11.4. The summed E-state index contributed by atoms with van der Waals surface area (Å²) in [7, 11) is 0. The number of nitrogens with zero attached hydrogens (tertiary/aromatic N) is 1. The van der Waals surface area contributed by atoms with Gasteiger partial charge in [-0.25, -0.2) is 4.98 Å². The number of rotatable bonds is 4. The Morgan fingerprint density at radius 3 is 1.80 bits per heavy atom. The highest BCUT2D eigenvalue weighted by Gasteiger charge is 2.41. The second kappa shape index (κ2) is 6.29. The molecule has 4 rings (SSSR count). The molecule has 0 atom stereocenters. The average Bonchev–Trinajstić information content (AvgIpc) is 3.21. The van der Waals surface area contributed by atoms with Gasteiger partial charge in [0, 0.05) is 18.1 Å². The monoisotopic (exact) mass is 325 g/mol. The number of hydrogen-bond donors (Lipinski definition) is 2. The lowest BCUT2D eigenvalue weighted by atomic mass is 9.68. The molecular weight excluding hydrogens is 306 g/mol. The molecule has 25 heavy (non-hydrogen) atoms. The van der Waals surface area contributed by atoms with Crippen LogP contribution in [0.1, 0.15) is 22.5 Å². The molecule has 3 nitrogen and oxygen atoms in total. The molecule has 0 radical (unpaired) electrons. The van der Waals surface area contributed by atoms with E-state index in [1.54, 1.807) is 6.20 Å². The molecule has 0 amide bonds. The Balaban J connectivity index is 2.15. The Morgan fingerprint density at radius 1 is 0.720 bits per heavy atom. The van der Waals surface area contributed by atoms with Crippen molar-refractivity contribution in [3.8, 4) is 0 Å². The zero-order chi connectivity index (χ0) is 17.1. The Kier molecular flexibility index (Phi) is 3.82. The Bertz CT molecular complexity index is 906. The van der Waals surface area contributed by atoms with Gasteiger partial charge in [-0.2, -0.15) is 0 Å². The Labute approximate surface area is 147 Å². The van der Waals surface area contributed by atoms with Crippen LogP contribution in [0.3, 0.4) is 0 Å². The van der Waals surface area contributed by atoms with E-state index >= 15 is 0 Å². The molecule has 1 aromatic heterocycles. The van der Waals surface area contributed by atoms with Crippen LogP contribution in [0.25, 0.3) is 0 Å². The van der Waals surface area contributed by atoms with Crippen LogP contribution in [0.2, 0.25) is 0 Å². The van der Waals surface area contributed by atoms with Gasteiger partial charge in [-0.1, -0.05) is 78.9 Å². The summed E-state index contributed by atoms with van der Waals surface area (Å²) in [4.78, 5) is 7.98. The summed E-state index contributed by atoms with van der Waals surface area (Å²) < 4.78 is 0. The minimum Gasteiger partial charge on any atom is -0.398 e. The Hall–Kier alpha value is -3.33. The smallest absolute Gasteiger partial charge is 0.125 e. The maximum absolute atomic E-state index is 6.45. The third-order valence-corrected chi connectivity index (χ3v) is 4.63. The van der Waals surface area contributed by atoms with Crippen molar-refractivity contribution in [3.63, 3.8) is 0 Å². The average molecular weight is 325 g/mol. The predicted octanol–water partition coefficient (Wildman–Crippen LogP) is 4.37. The number of anilines is 1. The van der Waals surface area contributed by atoms with E-state index < -0.39 is 5.41 Å². The van der Waals surface area contributed by atoms with Crippen LogP contribution in [0, 0.1) is 0 Å². The molecule has 0 aliphatic rings. The first-order valence-electron chi connectivity index (χ1n) is 8.29.